The number of nitrogens with zero attached hydrogens (tertiary/aromatic N) is 1. The number of H-pyrrole nitrogens is 1. The minimum Gasteiger partial charge on any atom is -0.346 e. The Labute approximate surface area is 114 Å². The molecular weight excluding hydrogens is 258 g/mol. The van der Waals surface area contributed by atoms with Crippen LogP contribution >= 0.6 is 11.3 Å². The van der Waals surface area contributed by atoms with E-state index in [0.29, 0.717) is 6.54 Å². The molecule has 1 aromatic carbocycles. The Balaban J connectivity index is 1.83. The Morgan fingerprint density at radius 1 is 1.37 bits per heavy atom. The number of aromatic nitrogens is 2. The van der Waals surface area contributed by atoms with E-state index in [4.69, 9.17) is 0 Å². The van der Waals surface area contributed by atoms with Crippen molar-refractivity contribution in [1.29, 1.82) is 0 Å². The largest absolute Gasteiger partial charge is 0.346 e. The third kappa shape index (κ3) is 2.24. The molecule has 0 bridgehead atoms. The summed E-state index contributed by atoms with van der Waals surface area (Å²) in [5, 5.41) is 10.7. The van der Waals surface area contributed by atoms with E-state index in [0.717, 1.165) is 26.2 Å². The van der Waals surface area contributed by atoms with E-state index in [9.17, 15) is 4.79 Å². The number of rotatable bonds is 3. The Bertz CT molecular complexity index is 715. The molecule has 5 heteroatoms. The highest BCUT2D eigenvalue weighted by Crippen LogP contribution is 2.30. The second-order valence-electron chi connectivity index (χ2n) is 4.32. The number of amides is 1. The van der Waals surface area contributed by atoms with Crippen molar-refractivity contribution < 1.29 is 4.79 Å². The Morgan fingerprint density at radius 2 is 2.21 bits per heavy atom. The number of thiophene rings is 1. The van der Waals surface area contributed by atoms with Gasteiger partial charge in [-0.05, 0) is 30.0 Å². The minimum absolute atomic E-state index is 0.0340. The molecule has 0 aliphatic rings. The first-order chi connectivity index (χ1) is 9.25. The molecule has 1 amide bonds. The number of nitrogens with one attached hydrogen (secondary N) is 2. The van der Waals surface area contributed by atoms with Crippen LogP contribution in [0.15, 0.2) is 36.5 Å². The zero-order chi connectivity index (χ0) is 13.2. The average molecular weight is 271 g/mol. The number of hydrogen-bond acceptors (Lipinski definition) is 3. The van der Waals surface area contributed by atoms with Gasteiger partial charge in [0.25, 0.3) is 5.91 Å². The first-order valence-electron chi connectivity index (χ1n) is 6.00. The molecule has 0 saturated heterocycles. The summed E-state index contributed by atoms with van der Waals surface area (Å²) in [5.74, 6) is -0.0340. The molecule has 0 unspecified atom stereocenters. The predicted molar refractivity (Wildman–Crippen MR) is 76.3 cm³/mol. The van der Waals surface area contributed by atoms with Gasteiger partial charge in [-0.15, -0.1) is 11.3 Å². The topological polar surface area (TPSA) is 57.8 Å². The molecule has 2 aromatic heterocycles. The molecule has 19 heavy (non-hydrogen) atoms. The number of carbonyl (C=O) groups is 1. The summed E-state index contributed by atoms with van der Waals surface area (Å²) in [6.07, 6.45) is 1.67. The molecule has 0 aliphatic heterocycles. The maximum absolute atomic E-state index is 12.2. The third-order valence-electron chi connectivity index (χ3n) is 3.05. The van der Waals surface area contributed by atoms with Crippen molar-refractivity contribution in [2.75, 3.05) is 0 Å². The zero-order valence-corrected chi connectivity index (χ0v) is 11.3. The summed E-state index contributed by atoms with van der Waals surface area (Å²) in [7, 11) is 0. The van der Waals surface area contributed by atoms with Gasteiger partial charge in [-0.2, -0.15) is 5.10 Å². The van der Waals surface area contributed by atoms with Crippen molar-refractivity contribution in [1.82, 2.24) is 15.5 Å². The zero-order valence-electron chi connectivity index (χ0n) is 10.4. The van der Waals surface area contributed by atoms with Crippen LogP contribution in [0, 0.1) is 6.92 Å². The predicted octanol–water partition coefficient (Wildman–Crippen LogP) is 2.86. The molecule has 0 atom stereocenters. The van der Waals surface area contributed by atoms with E-state index < -0.39 is 0 Å². The Morgan fingerprint density at radius 3 is 2.95 bits per heavy atom. The Hall–Kier alpha value is -2.14. The van der Waals surface area contributed by atoms with Crippen LogP contribution in [0.4, 0.5) is 0 Å². The van der Waals surface area contributed by atoms with Crippen LogP contribution in [0.3, 0.4) is 0 Å². The number of aryl methyl sites for hydroxylation is 1. The van der Waals surface area contributed by atoms with Gasteiger partial charge in [0, 0.05) is 10.9 Å². The van der Waals surface area contributed by atoms with Gasteiger partial charge >= 0.3 is 0 Å². The van der Waals surface area contributed by atoms with E-state index in [1.807, 2.05) is 37.3 Å². The average Bonchev–Trinajstić information content (AvgIpc) is 3.05. The van der Waals surface area contributed by atoms with Crippen molar-refractivity contribution in [3.8, 4) is 0 Å². The molecule has 0 aliphatic carbocycles. The smallest absolute Gasteiger partial charge is 0.261 e. The molecule has 3 rings (SSSR count). The van der Waals surface area contributed by atoms with Crippen molar-refractivity contribution in [2.24, 2.45) is 0 Å². The summed E-state index contributed by atoms with van der Waals surface area (Å²) < 4.78 is 1.15. The van der Waals surface area contributed by atoms with Gasteiger partial charge in [0.2, 0.25) is 0 Å². The first kappa shape index (κ1) is 11.9. The van der Waals surface area contributed by atoms with Crippen molar-refractivity contribution in [2.45, 2.75) is 13.5 Å². The van der Waals surface area contributed by atoms with Crippen LogP contribution in [0.25, 0.3) is 10.1 Å². The fourth-order valence-electron chi connectivity index (χ4n) is 2.03. The molecule has 96 valence electrons. The fourth-order valence-corrected chi connectivity index (χ4v) is 3.16. The van der Waals surface area contributed by atoms with Gasteiger partial charge in [-0.3, -0.25) is 9.89 Å². The van der Waals surface area contributed by atoms with Crippen LogP contribution in [0.2, 0.25) is 0 Å². The maximum atomic E-state index is 12.2. The molecule has 2 heterocycles. The highest BCUT2D eigenvalue weighted by atomic mass is 32.1. The van der Waals surface area contributed by atoms with Gasteiger partial charge in [-0.25, -0.2) is 0 Å². The number of carbonyl (C=O) groups excluding carboxylic acids is 1. The molecule has 0 fully saturated rings. The van der Waals surface area contributed by atoms with Gasteiger partial charge in [0.15, 0.2) is 0 Å². The van der Waals surface area contributed by atoms with E-state index in [1.165, 1.54) is 11.3 Å². The number of fused-ring (bicyclic) bond motifs is 1. The maximum Gasteiger partial charge on any atom is 0.261 e. The normalized spacial score (nSPS) is 10.8. The van der Waals surface area contributed by atoms with E-state index in [1.54, 1.807) is 6.20 Å². The lowest BCUT2D eigenvalue weighted by molar-refractivity contribution is 0.0954. The van der Waals surface area contributed by atoms with Crippen LogP contribution in [-0.4, -0.2) is 16.1 Å². The standard InChI is InChI=1S/C14H13N3OS/c1-9-11-4-2-3-5-12(11)19-13(9)14(18)15-8-10-6-7-16-17-10/h2-7H,8H2,1H3,(H,15,18)(H,16,17). The van der Waals surface area contributed by atoms with Crippen LogP contribution in [0.5, 0.6) is 0 Å². The van der Waals surface area contributed by atoms with Gasteiger partial charge in [-0.1, -0.05) is 18.2 Å². The summed E-state index contributed by atoms with van der Waals surface area (Å²) in [5.41, 5.74) is 1.94. The molecular formula is C14H13N3OS. The molecule has 0 spiro atoms. The Kier molecular flexibility index (Phi) is 3.05. The van der Waals surface area contributed by atoms with Crippen molar-refractivity contribution in [3.05, 3.63) is 52.7 Å². The SMILES string of the molecule is Cc1c(C(=O)NCc2ccn[nH]2)sc2ccccc12. The number of hydrogen-bond donors (Lipinski definition) is 2. The molecule has 2 N–H and O–H groups in total. The monoisotopic (exact) mass is 271 g/mol. The summed E-state index contributed by atoms with van der Waals surface area (Å²) in [6, 6.07) is 9.92. The quantitative estimate of drug-likeness (QED) is 0.769. The lowest BCUT2D eigenvalue weighted by Gasteiger charge is -2.02. The number of aromatic amines is 1. The van der Waals surface area contributed by atoms with Gasteiger partial charge < -0.3 is 5.32 Å². The lowest BCUT2D eigenvalue weighted by atomic mass is 10.1. The second-order valence-corrected chi connectivity index (χ2v) is 5.37. The molecule has 3 aromatic rings. The minimum atomic E-state index is -0.0340. The summed E-state index contributed by atoms with van der Waals surface area (Å²) in [4.78, 5) is 13.0. The van der Waals surface area contributed by atoms with Crippen LogP contribution in [0.1, 0.15) is 20.9 Å². The summed E-state index contributed by atoms with van der Waals surface area (Å²) >= 11 is 1.53. The molecule has 4 nitrogen and oxygen atoms in total. The fraction of sp³-hybridized carbons (Fsp3) is 0.143. The van der Waals surface area contributed by atoms with E-state index in [2.05, 4.69) is 15.5 Å². The number of benzene rings is 1. The highest BCUT2D eigenvalue weighted by molar-refractivity contribution is 7.21. The van der Waals surface area contributed by atoms with Crippen molar-refractivity contribution >= 4 is 27.3 Å². The first-order valence-corrected chi connectivity index (χ1v) is 6.82. The molecule has 0 saturated carbocycles. The molecule has 0 radical (unpaired) electrons. The van der Waals surface area contributed by atoms with Crippen molar-refractivity contribution in [3.63, 3.8) is 0 Å². The second kappa shape index (κ2) is 4.85. The lowest BCUT2D eigenvalue weighted by Crippen LogP contribution is -2.22. The highest BCUT2D eigenvalue weighted by Gasteiger charge is 2.14. The van der Waals surface area contributed by atoms with E-state index in [-0.39, 0.29) is 5.91 Å². The van der Waals surface area contributed by atoms with Gasteiger partial charge in [0.1, 0.15) is 0 Å². The van der Waals surface area contributed by atoms with E-state index >= 15 is 0 Å². The third-order valence-corrected chi connectivity index (χ3v) is 4.32. The van der Waals surface area contributed by atoms with Crippen LogP contribution < -0.4 is 5.32 Å². The summed E-state index contributed by atoms with van der Waals surface area (Å²) in [6.45, 7) is 2.45. The van der Waals surface area contributed by atoms with Gasteiger partial charge in [0.05, 0.1) is 17.1 Å². The van der Waals surface area contributed by atoms with Crippen LogP contribution in [-0.2, 0) is 6.54 Å².